The van der Waals surface area contributed by atoms with Gasteiger partial charge >= 0.3 is 23.9 Å². The molecule has 0 bridgehead atoms. The van der Waals surface area contributed by atoms with Gasteiger partial charge in [-0.3, -0.25) is 52.7 Å². The molecule has 0 aromatic heterocycles. The van der Waals surface area contributed by atoms with E-state index < -0.39 is 176 Å². The SMILES string of the molecule is CC[C@H](C)[C@H](NC(=O)[C@@H](NC(=O)[C@H](C)NC(=O)[C@H](CCC(=O)O)NC(=O)[C@H](C)N)C(C)C)C(=O)N[C@@H](CCC(=O)O)C(=O)N[C@@H](CCCCN)C(=O)N[C@@H](CO)C(=O)N[C@@H](CCC(=O)O)C(=O)O. The quantitative estimate of drug-likeness (QED) is 0.0271. The van der Waals surface area contributed by atoms with Crippen LogP contribution in [-0.2, 0) is 57.5 Å². The third-order valence-electron chi connectivity index (χ3n) is 10.4. The van der Waals surface area contributed by atoms with Crippen molar-refractivity contribution in [2.24, 2.45) is 23.3 Å². The highest BCUT2D eigenvalue weighted by Crippen LogP contribution is 2.13. The number of rotatable bonds is 34. The molecule has 68 heavy (non-hydrogen) atoms. The highest BCUT2D eigenvalue weighted by molar-refractivity contribution is 5.98. The number of aliphatic carboxylic acids is 4. The van der Waals surface area contributed by atoms with Gasteiger partial charge in [0, 0.05) is 19.3 Å². The van der Waals surface area contributed by atoms with E-state index in [4.69, 9.17) is 21.7 Å². The molecule has 17 N–H and O–H groups in total. The van der Waals surface area contributed by atoms with Gasteiger partial charge in [0.25, 0.3) is 0 Å². The molecule has 0 radical (unpaired) electrons. The molecule has 0 aliphatic heterocycles. The van der Waals surface area contributed by atoms with Crippen LogP contribution in [0, 0.1) is 11.8 Å². The van der Waals surface area contributed by atoms with E-state index >= 15 is 0 Å². The van der Waals surface area contributed by atoms with E-state index in [1.165, 1.54) is 13.8 Å². The average molecular weight is 975 g/mol. The fourth-order valence-corrected chi connectivity index (χ4v) is 6.07. The Morgan fingerprint density at radius 1 is 0.456 bits per heavy atom. The average Bonchev–Trinajstić information content (AvgIpc) is 3.26. The van der Waals surface area contributed by atoms with Crippen molar-refractivity contribution in [1.29, 1.82) is 0 Å². The van der Waals surface area contributed by atoms with Crippen LogP contribution in [0.2, 0.25) is 0 Å². The molecule has 27 heteroatoms. The number of aliphatic hydroxyl groups excluding tert-OH is 1. The molecule has 0 unspecified atom stereocenters. The first-order chi connectivity index (χ1) is 31.7. The molecule has 0 aliphatic rings. The molecule has 0 aliphatic carbocycles. The minimum absolute atomic E-state index is 0.129. The zero-order chi connectivity index (χ0) is 52.4. The summed E-state index contributed by atoms with van der Waals surface area (Å²) in [5, 5.41) is 65.7. The summed E-state index contributed by atoms with van der Waals surface area (Å²) in [6.45, 7) is 8.10. The fourth-order valence-electron chi connectivity index (χ4n) is 6.07. The number of carboxylic acid groups (broad SMARTS) is 4. The zero-order valence-electron chi connectivity index (χ0n) is 39.1. The van der Waals surface area contributed by atoms with E-state index in [9.17, 15) is 72.9 Å². The number of carbonyl (C=O) groups is 12. The Bertz CT molecular complexity index is 1780. The van der Waals surface area contributed by atoms with E-state index in [1.54, 1.807) is 27.7 Å². The maximum absolute atomic E-state index is 14.0. The van der Waals surface area contributed by atoms with Gasteiger partial charge in [-0.2, -0.15) is 0 Å². The summed E-state index contributed by atoms with van der Waals surface area (Å²) in [7, 11) is 0. The maximum Gasteiger partial charge on any atom is 0.326 e. The van der Waals surface area contributed by atoms with Gasteiger partial charge < -0.3 is 79.5 Å². The Morgan fingerprint density at radius 3 is 1.26 bits per heavy atom. The van der Waals surface area contributed by atoms with E-state index in [1.807, 2.05) is 5.32 Å². The van der Waals surface area contributed by atoms with Crippen LogP contribution < -0.4 is 54.0 Å². The Kier molecular flexibility index (Phi) is 28.5. The lowest BCUT2D eigenvalue weighted by molar-refractivity contribution is -0.144. The van der Waals surface area contributed by atoms with Crippen molar-refractivity contribution in [3.63, 3.8) is 0 Å². The maximum atomic E-state index is 14.0. The molecule has 0 fully saturated rings. The summed E-state index contributed by atoms with van der Waals surface area (Å²) in [4.78, 5) is 152. The van der Waals surface area contributed by atoms with Gasteiger partial charge in [0.2, 0.25) is 47.3 Å². The van der Waals surface area contributed by atoms with Crippen LogP contribution in [0.5, 0.6) is 0 Å². The van der Waals surface area contributed by atoms with Gasteiger partial charge in [0.1, 0.15) is 48.3 Å². The number of amides is 8. The zero-order valence-corrected chi connectivity index (χ0v) is 39.1. The first-order valence-electron chi connectivity index (χ1n) is 22.1. The van der Waals surface area contributed by atoms with Crippen molar-refractivity contribution >= 4 is 71.1 Å². The number of nitrogens with one attached hydrogen (secondary N) is 8. The van der Waals surface area contributed by atoms with Gasteiger partial charge in [0.05, 0.1) is 12.6 Å². The molecule has 0 spiro atoms. The van der Waals surface area contributed by atoms with Gasteiger partial charge in [-0.15, -0.1) is 0 Å². The van der Waals surface area contributed by atoms with Crippen LogP contribution >= 0.6 is 0 Å². The Hall–Kier alpha value is -6.48. The number of carbonyl (C=O) groups excluding carboxylic acids is 8. The van der Waals surface area contributed by atoms with E-state index in [0.717, 1.165) is 0 Å². The molecule has 0 saturated heterocycles. The van der Waals surface area contributed by atoms with Gasteiger partial charge in [-0.1, -0.05) is 34.1 Å². The number of carboxylic acids is 4. The predicted octanol–water partition coefficient (Wildman–Crippen LogP) is -4.27. The van der Waals surface area contributed by atoms with Crippen molar-refractivity contribution in [1.82, 2.24) is 42.5 Å². The molecular formula is C41H70N10O17. The van der Waals surface area contributed by atoms with Crippen LogP contribution in [-0.4, -0.2) is 164 Å². The fraction of sp³-hybridized carbons (Fsp3) is 0.707. The van der Waals surface area contributed by atoms with Crippen molar-refractivity contribution in [3.8, 4) is 0 Å². The van der Waals surface area contributed by atoms with Crippen molar-refractivity contribution in [2.45, 2.75) is 160 Å². The second-order valence-electron chi connectivity index (χ2n) is 16.5. The molecule has 0 aromatic carbocycles. The molecular weight excluding hydrogens is 905 g/mol. The van der Waals surface area contributed by atoms with E-state index in [0.29, 0.717) is 6.42 Å². The van der Waals surface area contributed by atoms with Crippen LogP contribution in [0.1, 0.15) is 106 Å². The second kappa shape index (κ2) is 31.5. The Labute approximate surface area is 392 Å². The molecule has 386 valence electrons. The molecule has 0 heterocycles. The van der Waals surface area contributed by atoms with Crippen molar-refractivity contribution < 1.29 is 83.1 Å². The number of hydrogen-bond donors (Lipinski definition) is 15. The number of unbranched alkanes of at least 4 members (excludes halogenated alkanes) is 1. The van der Waals surface area contributed by atoms with Crippen LogP contribution in [0.3, 0.4) is 0 Å². The minimum Gasteiger partial charge on any atom is -0.481 e. The van der Waals surface area contributed by atoms with Crippen LogP contribution in [0.15, 0.2) is 0 Å². The van der Waals surface area contributed by atoms with Crippen molar-refractivity contribution in [3.05, 3.63) is 0 Å². The van der Waals surface area contributed by atoms with Crippen LogP contribution in [0.25, 0.3) is 0 Å². The van der Waals surface area contributed by atoms with Crippen LogP contribution in [0.4, 0.5) is 0 Å². The minimum atomic E-state index is -1.78. The Morgan fingerprint density at radius 2 is 0.838 bits per heavy atom. The third-order valence-corrected chi connectivity index (χ3v) is 10.4. The normalized spacial score (nSPS) is 15.4. The number of nitrogens with two attached hydrogens (primary N) is 2. The van der Waals surface area contributed by atoms with E-state index in [-0.39, 0.29) is 32.2 Å². The highest BCUT2D eigenvalue weighted by Gasteiger charge is 2.36. The molecule has 0 rings (SSSR count). The number of aliphatic hydroxyl groups is 1. The Balaban J connectivity index is 6.41. The lowest BCUT2D eigenvalue weighted by Crippen LogP contribution is -2.61. The summed E-state index contributed by atoms with van der Waals surface area (Å²) in [6.07, 6.45) is -2.50. The molecule has 10 atom stereocenters. The van der Waals surface area contributed by atoms with Gasteiger partial charge in [-0.05, 0) is 70.8 Å². The first kappa shape index (κ1) is 61.5. The monoisotopic (exact) mass is 974 g/mol. The summed E-state index contributed by atoms with van der Waals surface area (Å²) < 4.78 is 0. The molecule has 0 saturated carbocycles. The lowest BCUT2D eigenvalue weighted by atomic mass is 9.95. The standard InChI is InChI=1S/C41H70N10O17/c1-7-20(4)32(51-39(65)31(19(2)3)50-34(60)22(6)44-35(61)24(11-14-28(53)54)45-33(59)21(5)43)40(66)47-25(12-15-29(55)56)37(63)46-23(10-8-9-17-42)36(62)49-27(18-52)38(64)48-26(41(67)68)13-16-30(57)58/h19-27,31-32,52H,7-18,42-43H2,1-6H3,(H,44,61)(H,45,59)(H,46,63)(H,47,66)(H,48,64)(H,49,62)(H,50,60)(H,51,65)(H,53,54)(H,55,56)(H,57,58)(H,67,68)/t20-,21-,22-,23-,24-,25-,26-,27-,31-,32-/m0/s1. The molecule has 8 amide bonds. The molecule has 0 aromatic rings. The lowest BCUT2D eigenvalue weighted by Gasteiger charge is -2.30. The first-order valence-corrected chi connectivity index (χ1v) is 22.1. The molecule has 27 nitrogen and oxygen atoms in total. The number of hydrogen-bond acceptors (Lipinski definition) is 15. The smallest absolute Gasteiger partial charge is 0.326 e. The van der Waals surface area contributed by atoms with Gasteiger partial charge in [-0.25, -0.2) is 4.79 Å². The largest absolute Gasteiger partial charge is 0.481 e. The predicted molar refractivity (Wildman–Crippen MR) is 237 cm³/mol. The van der Waals surface area contributed by atoms with Gasteiger partial charge in [0.15, 0.2) is 0 Å². The summed E-state index contributed by atoms with van der Waals surface area (Å²) in [5.41, 5.74) is 11.2. The summed E-state index contributed by atoms with van der Waals surface area (Å²) in [6, 6.07) is -13.2. The topological polar surface area (TPSA) is 454 Å². The summed E-state index contributed by atoms with van der Waals surface area (Å²) >= 11 is 0. The third kappa shape index (κ3) is 23.3. The highest BCUT2D eigenvalue weighted by atomic mass is 16.4. The van der Waals surface area contributed by atoms with E-state index in [2.05, 4.69) is 37.2 Å². The summed E-state index contributed by atoms with van der Waals surface area (Å²) in [5.74, 6) is -14.6. The van der Waals surface area contributed by atoms with Crippen molar-refractivity contribution in [2.75, 3.05) is 13.2 Å². The second-order valence-corrected chi connectivity index (χ2v) is 16.5.